The molecule has 0 fully saturated rings. The van der Waals surface area contributed by atoms with Crippen molar-refractivity contribution >= 4 is 29.1 Å². The number of hydrogen-bond donors (Lipinski definition) is 0. The maximum absolute atomic E-state index is 12.6. The monoisotopic (exact) mass is 327 g/mol. The summed E-state index contributed by atoms with van der Waals surface area (Å²) in [6.45, 7) is 13.0. The molecule has 0 saturated heterocycles. The SMILES string of the molecule is CC(C)(C)c1ccc2c(c1)c1cccc(C(C)(C)C)c1o[p+]2=O. The first-order chi connectivity index (χ1) is 10.6. The average molecular weight is 327 g/mol. The molecule has 0 saturated carbocycles. The van der Waals surface area contributed by atoms with Crippen LogP contribution in [0.2, 0.25) is 0 Å². The van der Waals surface area contributed by atoms with E-state index in [0.29, 0.717) is 0 Å². The molecule has 0 spiro atoms. The van der Waals surface area contributed by atoms with Crippen molar-refractivity contribution < 1.29 is 8.76 Å². The summed E-state index contributed by atoms with van der Waals surface area (Å²) in [5, 5.41) is 2.89. The minimum absolute atomic E-state index is 0.0549. The van der Waals surface area contributed by atoms with Crippen LogP contribution in [0.25, 0.3) is 21.5 Å². The Balaban J connectivity index is 2.49. The van der Waals surface area contributed by atoms with Gasteiger partial charge in [0.1, 0.15) is 0 Å². The van der Waals surface area contributed by atoms with Gasteiger partial charge in [-0.15, -0.1) is 0 Å². The standard InChI is InChI=1S/C20H24O2P/c1-19(2,3)13-10-11-17-15(12-13)14-8-7-9-16(20(4,5)6)18(14)22-23(17)21/h7-12H,1-6H3/q+1. The first kappa shape index (κ1) is 16.2. The van der Waals surface area contributed by atoms with E-state index in [9.17, 15) is 4.57 Å². The van der Waals surface area contributed by atoms with Gasteiger partial charge in [0.2, 0.25) is 5.12 Å². The van der Waals surface area contributed by atoms with Gasteiger partial charge in [-0.2, -0.15) is 0 Å². The summed E-state index contributed by atoms with van der Waals surface area (Å²) < 4.78 is 18.5. The first-order valence-electron chi connectivity index (χ1n) is 8.02. The molecule has 2 aromatic carbocycles. The number of rotatable bonds is 0. The van der Waals surface area contributed by atoms with E-state index >= 15 is 0 Å². The molecule has 2 nitrogen and oxygen atoms in total. The molecule has 3 aromatic rings. The summed E-state index contributed by atoms with van der Waals surface area (Å²) in [4.78, 5) is 0. The molecule has 23 heavy (non-hydrogen) atoms. The average Bonchev–Trinajstić information content (AvgIpc) is 2.44. The van der Waals surface area contributed by atoms with E-state index in [4.69, 9.17) is 4.20 Å². The highest BCUT2D eigenvalue weighted by atomic mass is 31.1. The maximum Gasteiger partial charge on any atom is 0.597 e. The fourth-order valence-electron chi connectivity index (χ4n) is 2.95. The van der Waals surface area contributed by atoms with E-state index in [0.717, 1.165) is 27.0 Å². The Morgan fingerprint density at radius 2 is 1.57 bits per heavy atom. The van der Waals surface area contributed by atoms with Crippen molar-refractivity contribution in [2.75, 3.05) is 0 Å². The number of fused-ring (bicyclic) bond motifs is 3. The summed E-state index contributed by atoms with van der Waals surface area (Å²) >= 11 is 0. The Bertz CT molecular complexity index is 953. The van der Waals surface area contributed by atoms with E-state index in [1.807, 2.05) is 6.07 Å². The topological polar surface area (TPSA) is 30.2 Å². The van der Waals surface area contributed by atoms with E-state index in [1.165, 1.54) is 5.56 Å². The molecule has 0 amide bonds. The van der Waals surface area contributed by atoms with Crippen LogP contribution in [0.1, 0.15) is 52.7 Å². The van der Waals surface area contributed by atoms with Crippen LogP contribution in [-0.4, -0.2) is 0 Å². The van der Waals surface area contributed by atoms with Gasteiger partial charge in [0.25, 0.3) is 0 Å². The molecule has 0 aliphatic rings. The fourth-order valence-corrected chi connectivity index (χ4v) is 3.99. The molecule has 1 aromatic heterocycles. The highest BCUT2D eigenvalue weighted by Gasteiger charge is 2.25. The number of benzene rings is 2. The molecule has 1 unspecified atom stereocenters. The zero-order valence-corrected chi connectivity index (χ0v) is 15.6. The highest BCUT2D eigenvalue weighted by Crippen LogP contribution is 2.41. The predicted octanol–water partition coefficient (Wildman–Crippen LogP) is 6.92. The van der Waals surface area contributed by atoms with Crippen molar-refractivity contribution in [2.45, 2.75) is 52.4 Å². The van der Waals surface area contributed by atoms with Gasteiger partial charge in [0.05, 0.1) is 0 Å². The Kier molecular flexibility index (Phi) is 3.65. The van der Waals surface area contributed by atoms with E-state index in [-0.39, 0.29) is 10.8 Å². The predicted molar refractivity (Wildman–Crippen MR) is 98.7 cm³/mol. The third-order valence-corrected chi connectivity index (χ3v) is 5.48. The summed E-state index contributed by atoms with van der Waals surface area (Å²) in [5.74, 6) is 0. The van der Waals surface area contributed by atoms with Gasteiger partial charge in [-0.3, -0.25) is 0 Å². The van der Waals surface area contributed by atoms with Crippen LogP contribution in [0.3, 0.4) is 0 Å². The summed E-state index contributed by atoms with van der Waals surface area (Å²) in [6, 6.07) is 12.4. The van der Waals surface area contributed by atoms with Gasteiger partial charge >= 0.3 is 7.65 Å². The smallest absolute Gasteiger partial charge is 0.249 e. The molecular formula is C20H24O2P+. The first-order valence-corrected chi connectivity index (χ1v) is 9.20. The van der Waals surface area contributed by atoms with Crippen molar-refractivity contribution in [2.24, 2.45) is 0 Å². The maximum atomic E-state index is 12.6. The molecular weight excluding hydrogens is 303 g/mol. The van der Waals surface area contributed by atoms with Crippen molar-refractivity contribution in [3.8, 4) is 0 Å². The second-order valence-electron chi connectivity index (χ2n) is 8.26. The minimum Gasteiger partial charge on any atom is -0.249 e. The quantitative estimate of drug-likeness (QED) is 0.419. The third-order valence-electron chi connectivity index (χ3n) is 4.35. The lowest BCUT2D eigenvalue weighted by atomic mass is 9.84. The molecule has 1 heterocycles. The van der Waals surface area contributed by atoms with Gasteiger partial charge in [0.15, 0.2) is 5.58 Å². The van der Waals surface area contributed by atoms with Gasteiger partial charge in [0, 0.05) is 16.3 Å². The lowest BCUT2D eigenvalue weighted by Gasteiger charge is -2.20. The lowest BCUT2D eigenvalue weighted by Crippen LogP contribution is -2.12. The van der Waals surface area contributed by atoms with Gasteiger partial charge in [-0.05, 0) is 33.1 Å². The molecule has 0 aliphatic heterocycles. The molecule has 3 rings (SSSR count). The van der Waals surface area contributed by atoms with Crippen LogP contribution in [0.4, 0.5) is 0 Å². The van der Waals surface area contributed by atoms with Crippen LogP contribution in [-0.2, 0) is 15.4 Å². The number of hydrogen-bond acceptors (Lipinski definition) is 2. The molecule has 0 aliphatic carbocycles. The van der Waals surface area contributed by atoms with Crippen LogP contribution >= 0.6 is 7.65 Å². The minimum atomic E-state index is -1.86. The van der Waals surface area contributed by atoms with Crippen molar-refractivity contribution in [3.63, 3.8) is 0 Å². The molecule has 1 atom stereocenters. The zero-order chi connectivity index (χ0) is 17.0. The highest BCUT2D eigenvalue weighted by molar-refractivity contribution is 7.37. The second-order valence-corrected chi connectivity index (χ2v) is 9.44. The van der Waals surface area contributed by atoms with Crippen LogP contribution in [0, 0.1) is 0 Å². The Morgan fingerprint density at radius 3 is 2.17 bits per heavy atom. The molecule has 0 N–H and O–H groups in total. The number of para-hydroxylation sites is 1. The van der Waals surface area contributed by atoms with Crippen LogP contribution in [0.15, 0.2) is 40.6 Å². The van der Waals surface area contributed by atoms with Crippen molar-refractivity contribution in [1.82, 2.24) is 0 Å². The van der Waals surface area contributed by atoms with Crippen molar-refractivity contribution in [1.29, 1.82) is 0 Å². The Hall–Kier alpha value is -1.66. The van der Waals surface area contributed by atoms with Gasteiger partial charge in [-0.25, -0.2) is 4.20 Å². The van der Waals surface area contributed by atoms with Gasteiger partial charge < -0.3 is 0 Å². The summed E-state index contributed by atoms with van der Waals surface area (Å²) in [5.41, 5.74) is 3.13. The fraction of sp³-hybridized carbons (Fsp3) is 0.400. The van der Waals surface area contributed by atoms with Gasteiger partial charge in [-0.1, -0.05) is 65.8 Å². The van der Waals surface area contributed by atoms with E-state index in [1.54, 1.807) is 0 Å². The largest absolute Gasteiger partial charge is 0.597 e. The summed E-state index contributed by atoms with van der Waals surface area (Å²) in [7, 11) is -1.86. The van der Waals surface area contributed by atoms with Crippen LogP contribution in [0.5, 0.6) is 0 Å². The molecule has 0 radical (unpaired) electrons. The Morgan fingerprint density at radius 1 is 0.870 bits per heavy atom. The third kappa shape index (κ3) is 2.81. The molecule has 120 valence electrons. The van der Waals surface area contributed by atoms with Crippen molar-refractivity contribution in [3.05, 3.63) is 47.5 Å². The molecule has 0 bridgehead atoms. The zero-order valence-electron chi connectivity index (χ0n) is 14.7. The lowest BCUT2D eigenvalue weighted by molar-refractivity contribution is 0.552. The molecule has 3 heteroatoms. The van der Waals surface area contributed by atoms with E-state index in [2.05, 4.69) is 71.9 Å². The second kappa shape index (κ2) is 5.18. The summed E-state index contributed by atoms with van der Waals surface area (Å²) in [6.07, 6.45) is 0. The van der Waals surface area contributed by atoms with E-state index < -0.39 is 7.65 Å². The van der Waals surface area contributed by atoms with Crippen LogP contribution < -0.4 is 0 Å². The normalized spacial score (nSPS) is 13.7. The Labute approximate surface area is 138 Å².